The summed E-state index contributed by atoms with van der Waals surface area (Å²) in [6, 6.07) is 8.50. The van der Waals surface area contributed by atoms with Crippen LogP contribution in [0.25, 0.3) is 10.9 Å². The Hall–Kier alpha value is -1.77. The van der Waals surface area contributed by atoms with Crippen LogP contribution in [0.2, 0.25) is 0 Å². The van der Waals surface area contributed by atoms with E-state index < -0.39 is 0 Å². The molecule has 1 aromatic carbocycles. The molecule has 3 heteroatoms. The molecule has 15 heavy (non-hydrogen) atoms. The number of amides is 1. The van der Waals surface area contributed by atoms with E-state index in [0.717, 1.165) is 10.9 Å². The number of carbonyl (C=O) groups excluding carboxylic acids is 1. The molecule has 1 heterocycles. The lowest BCUT2D eigenvalue weighted by molar-refractivity contribution is 0.100. The second-order valence-electron chi connectivity index (χ2n) is 4.06. The zero-order chi connectivity index (χ0) is 10.4. The number of primary amides is 1. The summed E-state index contributed by atoms with van der Waals surface area (Å²) in [5.74, 6) is -0.342. The minimum absolute atomic E-state index is 0.342. The van der Waals surface area contributed by atoms with Gasteiger partial charge >= 0.3 is 0 Å². The van der Waals surface area contributed by atoms with Crippen molar-refractivity contribution in [2.24, 2.45) is 5.73 Å². The lowest BCUT2D eigenvalue weighted by Gasteiger charge is -2.00. The van der Waals surface area contributed by atoms with E-state index in [4.69, 9.17) is 5.73 Å². The summed E-state index contributed by atoms with van der Waals surface area (Å²) < 4.78 is 2.18. The first-order valence-corrected chi connectivity index (χ1v) is 5.17. The molecule has 1 aliphatic rings. The molecule has 0 unspecified atom stereocenters. The van der Waals surface area contributed by atoms with E-state index in [9.17, 15) is 4.79 Å². The maximum absolute atomic E-state index is 11.3. The highest BCUT2D eigenvalue weighted by Crippen LogP contribution is 2.38. The van der Waals surface area contributed by atoms with E-state index in [1.165, 1.54) is 12.8 Å². The van der Waals surface area contributed by atoms with Crippen LogP contribution in [-0.2, 0) is 0 Å². The van der Waals surface area contributed by atoms with E-state index in [2.05, 4.69) is 4.57 Å². The monoisotopic (exact) mass is 200 g/mol. The standard InChI is InChI=1S/C12H12N2O/c13-12(15)10-7-14(8-5-6-8)11-4-2-1-3-9(10)11/h1-4,7-8H,5-6H2,(H2,13,15). The Kier molecular flexibility index (Phi) is 1.63. The van der Waals surface area contributed by atoms with Crippen molar-refractivity contribution in [2.45, 2.75) is 18.9 Å². The number of nitrogens with two attached hydrogens (primary N) is 1. The van der Waals surface area contributed by atoms with Crippen molar-refractivity contribution in [1.82, 2.24) is 4.57 Å². The van der Waals surface area contributed by atoms with Gasteiger partial charge in [-0.3, -0.25) is 4.79 Å². The zero-order valence-corrected chi connectivity index (χ0v) is 8.31. The van der Waals surface area contributed by atoms with Gasteiger partial charge in [0.05, 0.1) is 5.56 Å². The number of nitrogens with zero attached hydrogens (tertiary/aromatic N) is 1. The van der Waals surface area contributed by atoms with Gasteiger partial charge in [0.15, 0.2) is 0 Å². The number of benzene rings is 1. The van der Waals surface area contributed by atoms with Crippen LogP contribution >= 0.6 is 0 Å². The highest BCUT2D eigenvalue weighted by atomic mass is 16.1. The van der Waals surface area contributed by atoms with Crippen LogP contribution in [0, 0.1) is 0 Å². The average Bonchev–Trinajstić information content (AvgIpc) is 2.99. The first-order valence-electron chi connectivity index (χ1n) is 5.17. The highest BCUT2D eigenvalue weighted by Gasteiger charge is 2.26. The molecule has 3 rings (SSSR count). The van der Waals surface area contributed by atoms with E-state index in [1.807, 2.05) is 30.5 Å². The van der Waals surface area contributed by atoms with Crippen LogP contribution in [0.15, 0.2) is 30.5 Å². The summed E-state index contributed by atoms with van der Waals surface area (Å²) in [6.45, 7) is 0. The summed E-state index contributed by atoms with van der Waals surface area (Å²) >= 11 is 0. The Bertz CT molecular complexity index is 538. The van der Waals surface area contributed by atoms with Crippen molar-refractivity contribution in [3.8, 4) is 0 Å². The Labute approximate surface area is 87.5 Å². The molecular formula is C12H12N2O. The fourth-order valence-corrected chi connectivity index (χ4v) is 2.06. The van der Waals surface area contributed by atoms with Crippen LogP contribution in [0.4, 0.5) is 0 Å². The predicted octanol–water partition coefficient (Wildman–Crippen LogP) is 2.08. The van der Waals surface area contributed by atoms with Gasteiger partial charge in [-0.15, -0.1) is 0 Å². The van der Waals surface area contributed by atoms with Gasteiger partial charge in [-0.1, -0.05) is 18.2 Å². The number of rotatable bonds is 2. The van der Waals surface area contributed by atoms with Gasteiger partial charge in [0, 0.05) is 23.1 Å². The Morgan fingerprint density at radius 2 is 2.07 bits per heavy atom. The summed E-state index contributed by atoms with van der Waals surface area (Å²) in [4.78, 5) is 11.3. The fourth-order valence-electron chi connectivity index (χ4n) is 2.06. The van der Waals surface area contributed by atoms with Crippen molar-refractivity contribution in [3.05, 3.63) is 36.0 Å². The number of hydrogen-bond donors (Lipinski definition) is 1. The van der Waals surface area contributed by atoms with Gasteiger partial charge < -0.3 is 10.3 Å². The van der Waals surface area contributed by atoms with E-state index in [-0.39, 0.29) is 5.91 Å². The lowest BCUT2D eigenvalue weighted by atomic mass is 10.2. The number of para-hydroxylation sites is 1. The van der Waals surface area contributed by atoms with Gasteiger partial charge in [-0.2, -0.15) is 0 Å². The molecule has 0 aliphatic heterocycles. The van der Waals surface area contributed by atoms with Crippen LogP contribution in [0.5, 0.6) is 0 Å². The van der Waals surface area contributed by atoms with E-state index >= 15 is 0 Å². The molecule has 76 valence electrons. The Morgan fingerprint density at radius 3 is 2.73 bits per heavy atom. The summed E-state index contributed by atoms with van der Waals surface area (Å²) in [5, 5.41) is 0.969. The largest absolute Gasteiger partial charge is 0.366 e. The molecule has 0 spiro atoms. The second-order valence-corrected chi connectivity index (χ2v) is 4.06. The van der Waals surface area contributed by atoms with E-state index in [0.29, 0.717) is 11.6 Å². The third-order valence-electron chi connectivity index (χ3n) is 2.95. The fraction of sp³-hybridized carbons (Fsp3) is 0.250. The minimum Gasteiger partial charge on any atom is -0.366 e. The van der Waals surface area contributed by atoms with Gasteiger partial charge in [0.1, 0.15) is 0 Å². The molecule has 0 atom stereocenters. The maximum atomic E-state index is 11.3. The molecular weight excluding hydrogens is 188 g/mol. The van der Waals surface area contributed by atoms with Crippen molar-refractivity contribution < 1.29 is 4.79 Å². The minimum atomic E-state index is -0.342. The molecule has 0 saturated heterocycles. The van der Waals surface area contributed by atoms with Crippen LogP contribution in [-0.4, -0.2) is 10.5 Å². The van der Waals surface area contributed by atoms with Crippen LogP contribution in [0.1, 0.15) is 29.2 Å². The molecule has 2 aromatic rings. The molecule has 1 aromatic heterocycles. The van der Waals surface area contributed by atoms with Crippen LogP contribution < -0.4 is 5.73 Å². The number of hydrogen-bond acceptors (Lipinski definition) is 1. The predicted molar refractivity (Wildman–Crippen MR) is 58.7 cm³/mol. The summed E-state index contributed by atoms with van der Waals surface area (Å²) in [7, 11) is 0. The van der Waals surface area contributed by atoms with Crippen LogP contribution in [0.3, 0.4) is 0 Å². The van der Waals surface area contributed by atoms with Gasteiger partial charge in [0.25, 0.3) is 5.91 Å². The first kappa shape index (κ1) is 8.53. The van der Waals surface area contributed by atoms with Gasteiger partial charge in [-0.05, 0) is 18.9 Å². The molecule has 0 radical (unpaired) electrons. The third-order valence-corrected chi connectivity index (χ3v) is 2.95. The third kappa shape index (κ3) is 1.23. The summed E-state index contributed by atoms with van der Waals surface area (Å²) in [5.41, 5.74) is 7.12. The first-order chi connectivity index (χ1) is 7.27. The lowest BCUT2D eigenvalue weighted by Crippen LogP contribution is -2.10. The normalized spacial score (nSPS) is 15.7. The number of fused-ring (bicyclic) bond motifs is 1. The summed E-state index contributed by atoms with van der Waals surface area (Å²) in [6.07, 6.45) is 4.30. The van der Waals surface area contributed by atoms with Crippen molar-refractivity contribution in [3.63, 3.8) is 0 Å². The van der Waals surface area contributed by atoms with Crippen molar-refractivity contribution >= 4 is 16.8 Å². The SMILES string of the molecule is NC(=O)c1cn(C2CC2)c2ccccc12. The molecule has 1 fully saturated rings. The Morgan fingerprint density at radius 1 is 1.33 bits per heavy atom. The van der Waals surface area contributed by atoms with Gasteiger partial charge in [-0.25, -0.2) is 0 Å². The molecule has 1 aliphatic carbocycles. The topological polar surface area (TPSA) is 48.0 Å². The number of carbonyl (C=O) groups is 1. The molecule has 3 nitrogen and oxygen atoms in total. The van der Waals surface area contributed by atoms with Gasteiger partial charge in [0.2, 0.25) is 0 Å². The Balaban J connectivity index is 2.32. The van der Waals surface area contributed by atoms with E-state index in [1.54, 1.807) is 0 Å². The molecule has 1 saturated carbocycles. The average molecular weight is 200 g/mol. The quantitative estimate of drug-likeness (QED) is 0.792. The molecule has 0 bridgehead atoms. The second kappa shape index (κ2) is 2.86. The molecule has 2 N–H and O–H groups in total. The van der Waals surface area contributed by atoms with Crippen molar-refractivity contribution in [2.75, 3.05) is 0 Å². The zero-order valence-electron chi connectivity index (χ0n) is 8.31. The molecule has 1 amide bonds. The maximum Gasteiger partial charge on any atom is 0.250 e. The highest BCUT2D eigenvalue weighted by molar-refractivity contribution is 6.06. The van der Waals surface area contributed by atoms with Crippen molar-refractivity contribution in [1.29, 1.82) is 0 Å². The number of aromatic nitrogens is 1. The smallest absolute Gasteiger partial charge is 0.250 e.